The Hall–Kier alpha value is -0.170. The first-order valence-corrected chi connectivity index (χ1v) is 7.20. The summed E-state index contributed by atoms with van der Waals surface area (Å²) in [5.41, 5.74) is 5.62. The normalized spacial score (nSPS) is 28.5. The summed E-state index contributed by atoms with van der Waals surface area (Å²) in [5, 5.41) is 0. The van der Waals surface area contributed by atoms with Crippen molar-refractivity contribution in [1.29, 1.82) is 0 Å². The van der Waals surface area contributed by atoms with Crippen LogP contribution >= 0.6 is 0 Å². The Balaban J connectivity index is 2.28. The van der Waals surface area contributed by atoms with Gasteiger partial charge in [0, 0.05) is 25.7 Å². The van der Waals surface area contributed by atoms with Crippen molar-refractivity contribution in [1.82, 2.24) is 9.62 Å². The lowest BCUT2D eigenvalue weighted by Crippen LogP contribution is -2.36. The third-order valence-electron chi connectivity index (χ3n) is 2.89. The molecule has 0 radical (unpaired) electrons. The van der Waals surface area contributed by atoms with Gasteiger partial charge in [0.1, 0.15) is 0 Å². The number of nitrogens with zero attached hydrogens (tertiary/aromatic N) is 1. The first kappa shape index (κ1) is 12.9. The van der Waals surface area contributed by atoms with Gasteiger partial charge >= 0.3 is 0 Å². The molecule has 5 nitrogen and oxygen atoms in total. The summed E-state index contributed by atoms with van der Waals surface area (Å²) in [7, 11) is -3.05. The van der Waals surface area contributed by atoms with E-state index in [1.165, 1.54) is 6.26 Å². The number of hydrogen-bond acceptors (Lipinski definition) is 4. The Bertz CT molecular complexity index is 292. The van der Waals surface area contributed by atoms with Crippen molar-refractivity contribution in [2.45, 2.75) is 19.4 Å². The van der Waals surface area contributed by atoms with Gasteiger partial charge in [0.2, 0.25) is 10.0 Å². The molecule has 1 aliphatic rings. The average Bonchev–Trinajstić information content (AvgIpc) is 2.45. The molecule has 0 aromatic rings. The highest BCUT2D eigenvalue weighted by Crippen LogP contribution is 2.21. The molecule has 1 saturated heterocycles. The van der Waals surface area contributed by atoms with Crippen molar-refractivity contribution in [3.63, 3.8) is 0 Å². The van der Waals surface area contributed by atoms with Crippen LogP contribution in [-0.2, 0) is 10.0 Å². The molecule has 0 aromatic heterocycles. The van der Waals surface area contributed by atoms with Gasteiger partial charge < -0.3 is 5.73 Å². The Morgan fingerprint density at radius 2 is 2.20 bits per heavy atom. The van der Waals surface area contributed by atoms with Crippen molar-refractivity contribution in [3.05, 3.63) is 0 Å². The lowest BCUT2D eigenvalue weighted by Gasteiger charge is -2.20. The molecule has 90 valence electrons. The van der Waals surface area contributed by atoms with Crippen LogP contribution in [0.15, 0.2) is 0 Å². The Labute approximate surface area is 92.1 Å². The van der Waals surface area contributed by atoms with Crippen molar-refractivity contribution in [2.24, 2.45) is 11.7 Å². The predicted octanol–water partition coefficient (Wildman–Crippen LogP) is -0.795. The van der Waals surface area contributed by atoms with Gasteiger partial charge in [-0.15, -0.1) is 0 Å². The van der Waals surface area contributed by atoms with Crippen molar-refractivity contribution in [3.8, 4) is 0 Å². The summed E-state index contributed by atoms with van der Waals surface area (Å²) in [5.74, 6) is 0.568. The van der Waals surface area contributed by atoms with E-state index in [1.54, 1.807) is 0 Å². The second kappa shape index (κ2) is 5.25. The topological polar surface area (TPSA) is 75.4 Å². The Morgan fingerprint density at radius 1 is 1.53 bits per heavy atom. The molecule has 0 bridgehead atoms. The van der Waals surface area contributed by atoms with Gasteiger partial charge in [0.25, 0.3) is 0 Å². The van der Waals surface area contributed by atoms with E-state index >= 15 is 0 Å². The SMILES string of the molecule is CC1CC(CN)CN1CCNS(C)(=O)=O. The van der Waals surface area contributed by atoms with E-state index in [4.69, 9.17) is 5.73 Å². The average molecular weight is 235 g/mol. The van der Waals surface area contributed by atoms with E-state index in [1.807, 2.05) is 0 Å². The molecule has 1 fully saturated rings. The van der Waals surface area contributed by atoms with Crippen LogP contribution in [0, 0.1) is 5.92 Å². The van der Waals surface area contributed by atoms with Crippen LogP contribution in [0.1, 0.15) is 13.3 Å². The van der Waals surface area contributed by atoms with E-state index in [0.29, 0.717) is 18.5 Å². The minimum absolute atomic E-state index is 0.487. The number of hydrogen-bond donors (Lipinski definition) is 2. The fourth-order valence-corrected chi connectivity index (χ4v) is 2.54. The largest absolute Gasteiger partial charge is 0.330 e. The van der Waals surface area contributed by atoms with Crippen LogP contribution in [0.3, 0.4) is 0 Å². The summed E-state index contributed by atoms with van der Waals surface area (Å²) in [6.45, 7) is 5.13. The maximum absolute atomic E-state index is 10.9. The Morgan fingerprint density at radius 3 is 2.67 bits per heavy atom. The van der Waals surface area contributed by atoms with Crippen molar-refractivity contribution >= 4 is 10.0 Å². The highest BCUT2D eigenvalue weighted by Gasteiger charge is 2.27. The van der Waals surface area contributed by atoms with Crippen molar-refractivity contribution in [2.75, 3.05) is 32.4 Å². The van der Waals surface area contributed by atoms with Crippen LogP contribution in [-0.4, -0.2) is 51.8 Å². The quantitative estimate of drug-likeness (QED) is 0.654. The summed E-state index contributed by atoms with van der Waals surface area (Å²) in [6, 6.07) is 0.514. The summed E-state index contributed by atoms with van der Waals surface area (Å²) in [4.78, 5) is 2.29. The lowest BCUT2D eigenvalue weighted by molar-refractivity contribution is 0.269. The molecule has 1 heterocycles. The molecule has 6 heteroatoms. The summed E-state index contributed by atoms with van der Waals surface area (Å²) in [6.07, 6.45) is 2.30. The molecule has 0 aromatic carbocycles. The van der Waals surface area contributed by atoms with Crippen LogP contribution in [0.2, 0.25) is 0 Å². The molecular weight excluding hydrogens is 214 g/mol. The summed E-state index contributed by atoms with van der Waals surface area (Å²) < 4.78 is 24.2. The molecule has 2 atom stereocenters. The molecule has 0 saturated carbocycles. The van der Waals surface area contributed by atoms with Gasteiger partial charge in [0.05, 0.1) is 6.26 Å². The van der Waals surface area contributed by atoms with Crippen LogP contribution in [0.25, 0.3) is 0 Å². The van der Waals surface area contributed by atoms with Gasteiger partial charge in [-0.05, 0) is 25.8 Å². The lowest BCUT2D eigenvalue weighted by atomic mass is 10.1. The number of likely N-dealkylation sites (tertiary alicyclic amines) is 1. The van der Waals surface area contributed by atoms with E-state index in [-0.39, 0.29) is 0 Å². The van der Waals surface area contributed by atoms with Crippen LogP contribution in [0.5, 0.6) is 0 Å². The number of sulfonamides is 1. The zero-order chi connectivity index (χ0) is 11.5. The van der Waals surface area contributed by atoms with E-state index in [0.717, 1.165) is 26.1 Å². The standard InChI is InChI=1S/C9H21N3O2S/c1-8-5-9(6-10)7-12(8)4-3-11-15(2,13)14/h8-9,11H,3-7,10H2,1-2H3. The number of nitrogens with one attached hydrogen (secondary N) is 1. The smallest absolute Gasteiger partial charge is 0.208 e. The molecule has 0 spiro atoms. The molecule has 15 heavy (non-hydrogen) atoms. The van der Waals surface area contributed by atoms with Crippen LogP contribution in [0.4, 0.5) is 0 Å². The number of nitrogens with two attached hydrogens (primary N) is 1. The highest BCUT2D eigenvalue weighted by atomic mass is 32.2. The maximum Gasteiger partial charge on any atom is 0.208 e. The molecule has 3 N–H and O–H groups in total. The van der Waals surface area contributed by atoms with Crippen molar-refractivity contribution < 1.29 is 8.42 Å². The van der Waals surface area contributed by atoms with E-state index in [9.17, 15) is 8.42 Å². The molecule has 0 aliphatic carbocycles. The second-order valence-corrected chi connectivity index (χ2v) is 6.18. The second-order valence-electron chi connectivity index (χ2n) is 4.35. The van der Waals surface area contributed by atoms with Gasteiger partial charge in [-0.2, -0.15) is 0 Å². The van der Waals surface area contributed by atoms with E-state index in [2.05, 4.69) is 16.5 Å². The summed E-state index contributed by atoms with van der Waals surface area (Å²) >= 11 is 0. The van der Waals surface area contributed by atoms with Gasteiger partial charge in [-0.3, -0.25) is 4.90 Å². The molecule has 2 unspecified atom stereocenters. The van der Waals surface area contributed by atoms with Crippen LogP contribution < -0.4 is 10.5 Å². The predicted molar refractivity (Wildman–Crippen MR) is 61.0 cm³/mol. The fraction of sp³-hybridized carbons (Fsp3) is 1.00. The number of rotatable bonds is 5. The third kappa shape index (κ3) is 4.46. The van der Waals surface area contributed by atoms with Gasteiger partial charge in [-0.25, -0.2) is 13.1 Å². The minimum atomic E-state index is -3.05. The van der Waals surface area contributed by atoms with E-state index < -0.39 is 10.0 Å². The van der Waals surface area contributed by atoms with Gasteiger partial charge in [-0.1, -0.05) is 0 Å². The minimum Gasteiger partial charge on any atom is -0.330 e. The monoisotopic (exact) mass is 235 g/mol. The first-order chi connectivity index (χ1) is 6.92. The molecule has 0 amide bonds. The zero-order valence-corrected chi connectivity index (χ0v) is 10.3. The molecule has 1 rings (SSSR count). The fourth-order valence-electron chi connectivity index (χ4n) is 2.07. The molecular formula is C9H21N3O2S. The zero-order valence-electron chi connectivity index (χ0n) is 9.44. The van der Waals surface area contributed by atoms with Gasteiger partial charge in [0.15, 0.2) is 0 Å². The maximum atomic E-state index is 10.9. The molecule has 1 aliphatic heterocycles. The Kier molecular flexibility index (Phi) is 4.51. The first-order valence-electron chi connectivity index (χ1n) is 5.31. The third-order valence-corrected chi connectivity index (χ3v) is 3.62. The highest BCUT2D eigenvalue weighted by molar-refractivity contribution is 7.88.